The van der Waals surface area contributed by atoms with Crippen LogP contribution in [0.1, 0.15) is 10.5 Å². The Bertz CT molecular complexity index is 558. The second kappa shape index (κ2) is 4.33. The molecule has 0 saturated carbocycles. The summed E-state index contributed by atoms with van der Waals surface area (Å²) < 4.78 is 6.44. The van der Waals surface area contributed by atoms with E-state index in [2.05, 4.69) is 0 Å². The lowest BCUT2D eigenvalue weighted by molar-refractivity contribution is 0.0590. The van der Waals surface area contributed by atoms with Crippen molar-refractivity contribution in [2.45, 2.75) is 0 Å². The van der Waals surface area contributed by atoms with Crippen molar-refractivity contribution in [2.24, 2.45) is 7.05 Å². The Labute approximate surface area is 99.6 Å². The molecular weight excluding hydrogens is 216 g/mol. The van der Waals surface area contributed by atoms with E-state index in [-0.39, 0.29) is 5.97 Å². The van der Waals surface area contributed by atoms with Crippen molar-refractivity contribution in [1.82, 2.24) is 4.57 Å². The van der Waals surface area contributed by atoms with Gasteiger partial charge in [0.25, 0.3) is 0 Å². The van der Waals surface area contributed by atoms with Crippen LogP contribution >= 0.6 is 0 Å². The van der Waals surface area contributed by atoms with E-state index in [0.29, 0.717) is 11.4 Å². The number of rotatable bonds is 2. The van der Waals surface area contributed by atoms with Gasteiger partial charge in [0, 0.05) is 30.1 Å². The first-order valence-corrected chi connectivity index (χ1v) is 5.23. The highest BCUT2D eigenvalue weighted by Crippen LogP contribution is 2.27. The molecule has 1 heterocycles. The zero-order valence-electron chi connectivity index (χ0n) is 9.81. The van der Waals surface area contributed by atoms with Gasteiger partial charge < -0.3 is 15.0 Å². The summed E-state index contributed by atoms with van der Waals surface area (Å²) in [6.07, 6.45) is 1.86. The topological polar surface area (TPSA) is 57.2 Å². The Hall–Kier alpha value is -2.23. The summed E-state index contributed by atoms with van der Waals surface area (Å²) in [6.45, 7) is 0. The number of carbonyl (C=O) groups excluding carboxylic acids is 1. The van der Waals surface area contributed by atoms with Gasteiger partial charge in [0.1, 0.15) is 5.69 Å². The maximum atomic E-state index is 11.5. The van der Waals surface area contributed by atoms with E-state index in [1.165, 1.54) is 7.11 Å². The summed E-state index contributed by atoms with van der Waals surface area (Å²) in [5.41, 5.74) is 8.91. The second-order valence-electron chi connectivity index (χ2n) is 3.80. The molecule has 0 unspecified atom stereocenters. The fraction of sp³-hybridized carbons (Fsp3) is 0.154. The molecule has 2 N–H and O–H groups in total. The summed E-state index contributed by atoms with van der Waals surface area (Å²) in [5, 5.41) is 0. The third kappa shape index (κ3) is 2.01. The van der Waals surface area contributed by atoms with Crippen LogP contribution in [0, 0.1) is 0 Å². The third-order valence-corrected chi connectivity index (χ3v) is 2.67. The van der Waals surface area contributed by atoms with Gasteiger partial charge in [-0.1, -0.05) is 18.2 Å². The van der Waals surface area contributed by atoms with Crippen molar-refractivity contribution in [3.05, 3.63) is 42.2 Å². The smallest absolute Gasteiger partial charge is 0.354 e. The van der Waals surface area contributed by atoms with Crippen molar-refractivity contribution in [3.8, 4) is 11.1 Å². The molecule has 0 aliphatic heterocycles. The van der Waals surface area contributed by atoms with Crippen molar-refractivity contribution < 1.29 is 9.53 Å². The van der Waals surface area contributed by atoms with E-state index in [9.17, 15) is 4.79 Å². The number of benzene rings is 1. The Balaban J connectivity index is 2.49. The Morgan fingerprint density at radius 2 is 2.06 bits per heavy atom. The highest BCUT2D eigenvalue weighted by atomic mass is 16.5. The first kappa shape index (κ1) is 11.3. The quantitative estimate of drug-likeness (QED) is 0.634. The number of nitrogen functional groups attached to an aromatic ring is 1. The number of aromatic nitrogens is 1. The number of methoxy groups -OCH3 is 1. The number of nitrogens with two attached hydrogens (primary N) is 1. The van der Waals surface area contributed by atoms with Gasteiger partial charge in [0.05, 0.1) is 7.11 Å². The predicted octanol–water partition coefficient (Wildman–Crippen LogP) is 2.06. The molecule has 0 bridgehead atoms. The number of aryl methyl sites for hydroxylation is 1. The van der Waals surface area contributed by atoms with E-state index in [1.807, 2.05) is 30.5 Å². The van der Waals surface area contributed by atoms with Crippen LogP contribution in [0.3, 0.4) is 0 Å². The summed E-state index contributed by atoms with van der Waals surface area (Å²) in [5.74, 6) is -0.353. The van der Waals surface area contributed by atoms with Crippen LogP contribution in [0.4, 0.5) is 5.69 Å². The minimum absolute atomic E-state index is 0.353. The Morgan fingerprint density at radius 3 is 2.71 bits per heavy atom. The SMILES string of the molecule is COC(=O)c1cc(-c2ccccc2N)cn1C. The van der Waals surface area contributed by atoms with Gasteiger partial charge in [0.15, 0.2) is 0 Å². The summed E-state index contributed by atoms with van der Waals surface area (Å²) in [7, 11) is 3.17. The molecule has 1 aromatic carbocycles. The number of hydrogen-bond donors (Lipinski definition) is 1. The van der Waals surface area contributed by atoms with Crippen LogP contribution in [0.2, 0.25) is 0 Å². The molecule has 0 saturated heterocycles. The maximum absolute atomic E-state index is 11.5. The normalized spacial score (nSPS) is 10.2. The number of hydrogen-bond acceptors (Lipinski definition) is 3. The number of ether oxygens (including phenoxy) is 1. The molecule has 0 spiro atoms. The lowest BCUT2D eigenvalue weighted by Gasteiger charge is -2.01. The van der Waals surface area contributed by atoms with Gasteiger partial charge in [-0.25, -0.2) is 4.79 Å². The van der Waals surface area contributed by atoms with Gasteiger partial charge in [-0.05, 0) is 12.1 Å². The zero-order valence-corrected chi connectivity index (χ0v) is 9.81. The van der Waals surface area contributed by atoms with Gasteiger partial charge in [-0.15, -0.1) is 0 Å². The molecule has 2 aromatic rings. The van der Waals surface area contributed by atoms with Crippen LogP contribution in [0.25, 0.3) is 11.1 Å². The second-order valence-corrected chi connectivity index (χ2v) is 3.80. The van der Waals surface area contributed by atoms with Gasteiger partial charge in [0.2, 0.25) is 0 Å². The molecule has 0 amide bonds. The minimum atomic E-state index is -0.353. The predicted molar refractivity (Wildman–Crippen MR) is 66.6 cm³/mol. The van der Waals surface area contributed by atoms with Crippen molar-refractivity contribution in [3.63, 3.8) is 0 Å². The molecule has 4 heteroatoms. The third-order valence-electron chi connectivity index (χ3n) is 2.67. The first-order valence-electron chi connectivity index (χ1n) is 5.23. The molecule has 1 aromatic heterocycles. The van der Waals surface area contributed by atoms with Crippen molar-refractivity contribution >= 4 is 11.7 Å². The molecule has 0 atom stereocenters. The molecule has 17 heavy (non-hydrogen) atoms. The molecule has 2 rings (SSSR count). The first-order chi connectivity index (χ1) is 8.13. The zero-order chi connectivity index (χ0) is 12.4. The minimum Gasteiger partial charge on any atom is -0.464 e. The van der Waals surface area contributed by atoms with Gasteiger partial charge in [-0.3, -0.25) is 0 Å². The van der Waals surface area contributed by atoms with Crippen LogP contribution in [-0.4, -0.2) is 17.6 Å². The van der Waals surface area contributed by atoms with E-state index in [1.54, 1.807) is 17.7 Å². The number of esters is 1. The van der Waals surface area contributed by atoms with Crippen molar-refractivity contribution in [2.75, 3.05) is 12.8 Å². The van der Waals surface area contributed by atoms with Crippen LogP contribution in [0.15, 0.2) is 36.5 Å². The molecule has 0 aliphatic rings. The fourth-order valence-electron chi connectivity index (χ4n) is 1.78. The molecule has 88 valence electrons. The fourth-order valence-corrected chi connectivity index (χ4v) is 1.78. The molecule has 0 radical (unpaired) electrons. The number of para-hydroxylation sites is 1. The van der Waals surface area contributed by atoms with E-state index < -0.39 is 0 Å². The Kier molecular flexibility index (Phi) is 2.87. The lowest BCUT2D eigenvalue weighted by atomic mass is 10.1. The average Bonchev–Trinajstić information content (AvgIpc) is 2.71. The number of anilines is 1. The monoisotopic (exact) mass is 230 g/mol. The lowest BCUT2D eigenvalue weighted by Crippen LogP contribution is -2.06. The van der Waals surface area contributed by atoms with Gasteiger partial charge in [-0.2, -0.15) is 0 Å². The molecule has 0 fully saturated rings. The molecule has 4 nitrogen and oxygen atoms in total. The van der Waals surface area contributed by atoms with E-state index in [0.717, 1.165) is 11.1 Å². The van der Waals surface area contributed by atoms with Gasteiger partial charge >= 0.3 is 5.97 Å². The van der Waals surface area contributed by atoms with Crippen LogP contribution in [-0.2, 0) is 11.8 Å². The highest BCUT2D eigenvalue weighted by molar-refractivity contribution is 5.90. The average molecular weight is 230 g/mol. The van der Waals surface area contributed by atoms with Crippen LogP contribution < -0.4 is 5.73 Å². The highest BCUT2D eigenvalue weighted by Gasteiger charge is 2.13. The number of carbonyl (C=O) groups is 1. The Morgan fingerprint density at radius 1 is 1.35 bits per heavy atom. The standard InChI is InChI=1S/C13H14N2O2/c1-15-8-9(7-12(15)13(16)17-2)10-5-3-4-6-11(10)14/h3-8H,14H2,1-2H3. The number of nitrogens with zero attached hydrogens (tertiary/aromatic N) is 1. The van der Waals surface area contributed by atoms with Crippen molar-refractivity contribution in [1.29, 1.82) is 0 Å². The summed E-state index contributed by atoms with van der Waals surface area (Å²) in [6, 6.07) is 9.32. The summed E-state index contributed by atoms with van der Waals surface area (Å²) >= 11 is 0. The maximum Gasteiger partial charge on any atom is 0.354 e. The van der Waals surface area contributed by atoms with Crippen LogP contribution in [0.5, 0.6) is 0 Å². The van der Waals surface area contributed by atoms with E-state index in [4.69, 9.17) is 10.5 Å². The summed E-state index contributed by atoms with van der Waals surface area (Å²) in [4.78, 5) is 11.5. The molecular formula is C13H14N2O2. The molecule has 0 aliphatic carbocycles. The largest absolute Gasteiger partial charge is 0.464 e. The van der Waals surface area contributed by atoms with E-state index >= 15 is 0 Å².